The second-order valence-corrected chi connectivity index (χ2v) is 27.4. The van der Waals surface area contributed by atoms with Crippen molar-refractivity contribution in [3.63, 3.8) is 0 Å². The third-order valence-corrected chi connectivity index (χ3v) is 17.8. The summed E-state index contributed by atoms with van der Waals surface area (Å²) in [7, 11) is -4.86. The molecule has 4 N–H and O–H groups in total. The van der Waals surface area contributed by atoms with E-state index in [-0.39, 0.29) is 45.0 Å². The van der Waals surface area contributed by atoms with Crippen LogP contribution in [-0.2, 0) is 51.7 Å². The van der Waals surface area contributed by atoms with Crippen molar-refractivity contribution < 1.29 is 56.6 Å². The molecule has 0 bridgehead atoms. The van der Waals surface area contributed by atoms with Gasteiger partial charge in [0.25, 0.3) is 0 Å². The van der Waals surface area contributed by atoms with Crippen LogP contribution in [0, 0.1) is 0 Å². The first-order valence-corrected chi connectivity index (χ1v) is 40.0. The van der Waals surface area contributed by atoms with Crippen LogP contribution in [0.5, 0.6) is 0 Å². The number of rotatable bonds is 72. The molecule has 14 heteroatoms. The Morgan fingerprint density at radius 3 is 0.685 bits per heavy atom. The topological polar surface area (TPSA) is 196 Å². The number of ether oxygens (including phenoxy) is 4. The van der Waals surface area contributed by atoms with Crippen LogP contribution in [0.1, 0.15) is 387 Å². The molecule has 0 fully saturated rings. The Hall–Kier alpha value is -3.09. The summed E-state index contributed by atoms with van der Waals surface area (Å²) in [5.41, 5.74) is 0. The molecular formula is C78H146NO12P. The first-order chi connectivity index (χ1) is 44.6. The van der Waals surface area contributed by atoms with Crippen molar-refractivity contribution in [2.75, 3.05) is 26.4 Å². The number of unbranched alkanes of at least 4 members (excludes halogenated alkanes) is 44. The van der Waals surface area contributed by atoms with Crippen molar-refractivity contribution >= 4 is 31.7 Å². The summed E-state index contributed by atoms with van der Waals surface area (Å²) in [6.45, 7) is 7.10. The van der Waals surface area contributed by atoms with Crippen molar-refractivity contribution in [1.29, 1.82) is 0 Å². The van der Waals surface area contributed by atoms with Gasteiger partial charge in [0, 0.05) is 25.7 Å². The summed E-state index contributed by atoms with van der Waals surface area (Å²) in [4.78, 5) is 63.1. The van der Waals surface area contributed by atoms with Crippen LogP contribution in [0.2, 0.25) is 0 Å². The lowest BCUT2D eigenvalue weighted by molar-refractivity contribution is -0.162. The predicted octanol–water partition coefficient (Wildman–Crippen LogP) is 24.3. The third kappa shape index (κ3) is 71.2. The molecule has 0 saturated carbocycles. The van der Waals surface area contributed by atoms with Crippen molar-refractivity contribution in [3.05, 3.63) is 48.6 Å². The number of carbonyl (C=O) groups is 4. The lowest BCUT2D eigenvalue weighted by Crippen LogP contribution is -2.31. The minimum Gasteiger partial charge on any atom is -0.462 e. The van der Waals surface area contributed by atoms with Crippen LogP contribution in [0.3, 0.4) is 0 Å². The Kier molecular flexibility index (Phi) is 72.9. The second kappa shape index (κ2) is 73.7. The monoisotopic (exact) mass is 1320 g/mol. The molecule has 540 valence electrons. The van der Waals surface area contributed by atoms with Crippen molar-refractivity contribution in [3.8, 4) is 0 Å². The fourth-order valence-electron chi connectivity index (χ4n) is 11.0. The van der Waals surface area contributed by atoms with Gasteiger partial charge in [-0.3, -0.25) is 28.2 Å². The summed E-state index contributed by atoms with van der Waals surface area (Å²) < 4.78 is 46.8. The summed E-state index contributed by atoms with van der Waals surface area (Å²) in [5.74, 6) is -1.93. The molecule has 0 saturated heterocycles. The molecule has 0 aliphatic carbocycles. The Morgan fingerprint density at radius 1 is 0.283 bits per heavy atom. The highest BCUT2D eigenvalue weighted by Crippen LogP contribution is 2.43. The van der Waals surface area contributed by atoms with Crippen LogP contribution in [0.4, 0.5) is 0 Å². The van der Waals surface area contributed by atoms with Gasteiger partial charge >= 0.3 is 31.7 Å². The van der Waals surface area contributed by atoms with E-state index in [1.807, 2.05) is 0 Å². The van der Waals surface area contributed by atoms with Gasteiger partial charge in [-0.2, -0.15) is 0 Å². The number of hydrogen-bond acceptors (Lipinski definition) is 12. The molecule has 0 aromatic carbocycles. The van der Waals surface area contributed by atoms with E-state index < -0.39 is 57.1 Å². The van der Waals surface area contributed by atoms with E-state index in [0.29, 0.717) is 25.7 Å². The molecular weight excluding hydrogens is 1170 g/mol. The molecule has 0 radical (unpaired) electrons. The summed E-state index contributed by atoms with van der Waals surface area (Å²) in [5, 5.41) is 0. The summed E-state index contributed by atoms with van der Waals surface area (Å²) in [6, 6.07) is 0. The van der Waals surface area contributed by atoms with Crippen LogP contribution in [0.15, 0.2) is 48.6 Å². The van der Waals surface area contributed by atoms with Crippen molar-refractivity contribution in [2.45, 2.75) is 399 Å². The predicted molar refractivity (Wildman–Crippen MR) is 386 cm³/mol. The maximum absolute atomic E-state index is 13.5. The molecule has 0 rings (SSSR count). The van der Waals surface area contributed by atoms with E-state index in [1.54, 1.807) is 0 Å². The Labute approximate surface area is 566 Å². The Morgan fingerprint density at radius 2 is 0.467 bits per heavy atom. The first kappa shape index (κ1) is 91.0. The average molecular weight is 1320 g/mol. The quantitative estimate of drug-likeness (QED) is 0.0192. The molecule has 0 heterocycles. The van der Waals surface area contributed by atoms with Crippen LogP contribution >= 0.6 is 7.82 Å². The number of phosphoric ester groups is 1. The fraction of sp³-hybridized carbons (Fsp3) is 0.846. The van der Waals surface area contributed by atoms with Gasteiger partial charge in [-0.05, 0) is 128 Å². The Balaban J connectivity index is 0. The van der Waals surface area contributed by atoms with E-state index in [1.165, 1.54) is 154 Å². The molecule has 13 nitrogen and oxygen atoms in total. The minimum atomic E-state index is -4.86. The molecule has 2 atom stereocenters. The van der Waals surface area contributed by atoms with E-state index in [4.69, 9.17) is 28.0 Å². The largest absolute Gasteiger partial charge is 0.472 e. The summed E-state index contributed by atoms with van der Waals surface area (Å²) in [6.07, 6.45) is 75.9. The SMILES string of the molecule is CCCCCCCC/C=C/CCCCCCCC(=O)OC[C@@H](COP(=O)(O)OC[C@H](COC(=O)CCCCCCC/C=C/CCCCCCCC)OC(=O)CCCCCCC/C=C/CCCCCCCC)OC(=O)CCCCCCC/C=C/CCCCCCCC.N. The maximum atomic E-state index is 13.5. The normalized spacial score (nSPS) is 12.6. The average Bonchev–Trinajstić information content (AvgIpc) is 1.58. The molecule has 0 unspecified atom stereocenters. The van der Waals surface area contributed by atoms with Gasteiger partial charge in [-0.1, -0.05) is 282 Å². The van der Waals surface area contributed by atoms with Crippen LogP contribution in [0.25, 0.3) is 0 Å². The summed E-state index contributed by atoms with van der Waals surface area (Å²) >= 11 is 0. The second-order valence-electron chi connectivity index (χ2n) is 26.0. The van der Waals surface area contributed by atoms with Gasteiger partial charge in [-0.25, -0.2) is 4.57 Å². The zero-order valence-electron chi connectivity index (χ0n) is 60.3. The smallest absolute Gasteiger partial charge is 0.462 e. The molecule has 0 aromatic heterocycles. The first-order valence-electron chi connectivity index (χ1n) is 38.5. The van der Waals surface area contributed by atoms with E-state index >= 15 is 0 Å². The van der Waals surface area contributed by atoms with Crippen molar-refractivity contribution in [1.82, 2.24) is 6.15 Å². The zero-order valence-corrected chi connectivity index (χ0v) is 61.2. The van der Waals surface area contributed by atoms with Gasteiger partial charge in [0.1, 0.15) is 13.2 Å². The molecule has 0 spiro atoms. The number of allylic oxidation sites excluding steroid dienone is 8. The highest BCUT2D eigenvalue weighted by molar-refractivity contribution is 7.47. The molecule has 0 aromatic rings. The Bertz CT molecular complexity index is 1670. The van der Waals surface area contributed by atoms with Crippen LogP contribution < -0.4 is 6.15 Å². The molecule has 0 aliphatic heterocycles. The fourth-order valence-corrected chi connectivity index (χ4v) is 11.8. The highest BCUT2D eigenvalue weighted by Gasteiger charge is 2.29. The number of phosphoric acid groups is 1. The molecule has 0 aliphatic rings. The number of esters is 4. The van der Waals surface area contributed by atoms with Crippen molar-refractivity contribution in [2.24, 2.45) is 0 Å². The molecule has 92 heavy (non-hydrogen) atoms. The van der Waals surface area contributed by atoms with E-state index in [0.717, 1.165) is 154 Å². The van der Waals surface area contributed by atoms with Gasteiger partial charge in [0.05, 0.1) is 13.2 Å². The lowest BCUT2D eigenvalue weighted by Gasteiger charge is -2.22. The zero-order chi connectivity index (χ0) is 66.3. The van der Waals surface area contributed by atoms with Crippen LogP contribution in [-0.4, -0.2) is 67.4 Å². The van der Waals surface area contributed by atoms with Gasteiger partial charge in [0.15, 0.2) is 12.2 Å². The van der Waals surface area contributed by atoms with Gasteiger partial charge in [0.2, 0.25) is 0 Å². The van der Waals surface area contributed by atoms with Gasteiger partial charge < -0.3 is 30.0 Å². The maximum Gasteiger partial charge on any atom is 0.472 e. The lowest BCUT2D eigenvalue weighted by atomic mass is 10.1. The minimum absolute atomic E-state index is 0. The van der Waals surface area contributed by atoms with E-state index in [9.17, 15) is 28.6 Å². The number of hydrogen-bond donors (Lipinski definition) is 2. The molecule has 0 amide bonds. The van der Waals surface area contributed by atoms with Gasteiger partial charge in [-0.15, -0.1) is 0 Å². The standard InChI is InChI=1S/C78H143O12P.H3N/c1-5-9-13-17-21-25-29-33-37-41-45-49-53-57-61-65-75(79)85-69-73(89-77(81)67-63-59-55-51-47-43-39-35-31-27-23-19-15-11-7-3)71-87-91(83,84)88-72-74(90-78(82)68-64-60-56-52-48-44-40-36-32-28-24-20-16-12-8-4)70-86-76(80)66-62-58-54-50-46-42-38-34-30-26-22-18-14-10-6-2;/h33-40,73-74H,5-32,41-72H2,1-4H3,(H,83,84);1H3/b37-33+,38-34+,39-35+,40-36+;/t73-,74-;/m0./s1. The third-order valence-electron chi connectivity index (χ3n) is 16.9. The van der Waals surface area contributed by atoms with E-state index in [2.05, 4.69) is 76.3 Å². The highest BCUT2D eigenvalue weighted by atomic mass is 31.2. The number of carbonyl (C=O) groups excluding carboxylic acids is 4.